The summed E-state index contributed by atoms with van der Waals surface area (Å²) in [5, 5.41) is 10.2. The third-order valence-electron chi connectivity index (χ3n) is 2.80. The van der Waals surface area contributed by atoms with Crippen molar-refractivity contribution < 1.29 is 18.7 Å². The predicted octanol–water partition coefficient (Wildman–Crippen LogP) is 2.51. The van der Waals surface area contributed by atoms with Crippen molar-refractivity contribution in [1.29, 1.82) is 0 Å². The Kier molecular flexibility index (Phi) is 5.67. The molecule has 1 fully saturated rings. The van der Waals surface area contributed by atoms with Crippen molar-refractivity contribution in [3.63, 3.8) is 0 Å². The Labute approximate surface area is 144 Å². The number of thioether (sulfide) groups is 1. The number of carbonyl (C=O) groups is 2. The highest BCUT2D eigenvalue weighted by Gasteiger charge is 2.25. The SMILES string of the molecule is COC(=O)/C=C1/S/C(=N\N=Cc2ccc(Br)c(C)c2F)NC1=O. The van der Waals surface area contributed by atoms with E-state index in [0.29, 0.717) is 10.0 Å². The van der Waals surface area contributed by atoms with Crippen molar-refractivity contribution in [1.82, 2.24) is 5.32 Å². The second kappa shape index (κ2) is 7.51. The van der Waals surface area contributed by atoms with Gasteiger partial charge in [0.2, 0.25) is 0 Å². The maximum absolute atomic E-state index is 14.0. The van der Waals surface area contributed by atoms with Crippen LogP contribution in [-0.4, -0.2) is 30.4 Å². The number of carbonyl (C=O) groups excluding carboxylic acids is 2. The second-order valence-corrected chi connectivity index (χ2v) is 6.20. The Balaban J connectivity index is 2.13. The summed E-state index contributed by atoms with van der Waals surface area (Å²) in [6, 6.07) is 3.26. The maximum Gasteiger partial charge on any atom is 0.331 e. The summed E-state index contributed by atoms with van der Waals surface area (Å²) in [7, 11) is 1.21. The lowest BCUT2D eigenvalue weighted by Gasteiger charge is -2.02. The number of hydrogen-bond acceptors (Lipinski definition) is 6. The van der Waals surface area contributed by atoms with E-state index in [0.717, 1.165) is 17.8 Å². The Morgan fingerprint density at radius 1 is 1.48 bits per heavy atom. The zero-order chi connectivity index (χ0) is 17.0. The highest BCUT2D eigenvalue weighted by molar-refractivity contribution is 9.10. The third kappa shape index (κ3) is 4.26. The van der Waals surface area contributed by atoms with E-state index in [1.165, 1.54) is 13.3 Å². The second-order valence-electron chi connectivity index (χ2n) is 4.31. The summed E-state index contributed by atoms with van der Waals surface area (Å²) in [6.07, 6.45) is 2.31. The fourth-order valence-electron chi connectivity index (χ4n) is 1.57. The minimum Gasteiger partial charge on any atom is -0.466 e. The lowest BCUT2D eigenvalue weighted by Crippen LogP contribution is -2.19. The van der Waals surface area contributed by atoms with Crippen LogP contribution in [0.1, 0.15) is 11.1 Å². The highest BCUT2D eigenvalue weighted by atomic mass is 79.9. The molecule has 9 heteroatoms. The Hall–Kier alpha value is -2.00. The van der Waals surface area contributed by atoms with E-state index < -0.39 is 17.7 Å². The molecule has 2 rings (SSSR count). The first-order valence-electron chi connectivity index (χ1n) is 6.27. The fourth-order valence-corrected chi connectivity index (χ4v) is 2.61. The molecule has 0 saturated carbocycles. The van der Waals surface area contributed by atoms with Gasteiger partial charge in [-0.1, -0.05) is 15.9 Å². The largest absolute Gasteiger partial charge is 0.466 e. The van der Waals surface area contributed by atoms with Gasteiger partial charge in [-0.2, -0.15) is 5.10 Å². The number of halogens is 2. The molecule has 1 N–H and O–H groups in total. The molecule has 1 saturated heterocycles. The topological polar surface area (TPSA) is 80.1 Å². The van der Waals surface area contributed by atoms with Crippen LogP contribution in [0.25, 0.3) is 0 Å². The van der Waals surface area contributed by atoms with Crippen LogP contribution in [0.15, 0.2) is 37.8 Å². The Bertz CT molecular complexity index is 762. The van der Waals surface area contributed by atoms with Crippen LogP contribution in [0.5, 0.6) is 0 Å². The van der Waals surface area contributed by atoms with Gasteiger partial charge in [0.1, 0.15) is 5.82 Å². The average Bonchev–Trinajstić information content (AvgIpc) is 2.87. The minimum absolute atomic E-state index is 0.150. The van der Waals surface area contributed by atoms with Gasteiger partial charge in [-0.15, -0.1) is 5.10 Å². The highest BCUT2D eigenvalue weighted by Crippen LogP contribution is 2.24. The van der Waals surface area contributed by atoms with Gasteiger partial charge in [0, 0.05) is 16.1 Å². The van der Waals surface area contributed by atoms with Gasteiger partial charge < -0.3 is 4.74 Å². The molecule has 1 amide bonds. The van der Waals surface area contributed by atoms with Crippen LogP contribution in [0.3, 0.4) is 0 Å². The maximum atomic E-state index is 14.0. The average molecular weight is 400 g/mol. The molecule has 0 radical (unpaired) electrons. The number of benzene rings is 1. The molecule has 6 nitrogen and oxygen atoms in total. The zero-order valence-electron chi connectivity index (χ0n) is 12.1. The standard InChI is InChI=1S/C14H11BrFN3O3S/c1-7-9(15)4-3-8(12(7)16)6-17-19-14-18-13(21)10(23-14)5-11(20)22-2/h3-6H,1-2H3,(H,18,19,21)/b10-5+,17-6?. The number of hydrogen-bond donors (Lipinski definition) is 1. The lowest BCUT2D eigenvalue weighted by atomic mass is 10.1. The number of nitrogens with one attached hydrogen (secondary N) is 1. The van der Waals surface area contributed by atoms with Crippen LogP contribution < -0.4 is 5.32 Å². The minimum atomic E-state index is -0.639. The van der Waals surface area contributed by atoms with Crippen LogP contribution in [0, 0.1) is 12.7 Å². The molecule has 1 aliphatic heterocycles. The first kappa shape index (κ1) is 17.4. The molecule has 23 heavy (non-hydrogen) atoms. The quantitative estimate of drug-likeness (QED) is 0.366. The number of esters is 1. The summed E-state index contributed by atoms with van der Waals surface area (Å²) in [5.74, 6) is -1.52. The molecule has 1 aromatic rings. The molecule has 0 spiro atoms. The van der Waals surface area contributed by atoms with E-state index in [-0.39, 0.29) is 15.6 Å². The van der Waals surface area contributed by atoms with Crippen molar-refractivity contribution >= 4 is 51.0 Å². The molecule has 1 aromatic carbocycles. The first-order valence-corrected chi connectivity index (χ1v) is 7.87. The normalized spacial score (nSPS) is 18.0. The third-order valence-corrected chi connectivity index (χ3v) is 4.56. The van der Waals surface area contributed by atoms with Gasteiger partial charge in [-0.25, -0.2) is 9.18 Å². The number of amides is 1. The van der Waals surface area contributed by atoms with Gasteiger partial charge in [-0.05, 0) is 36.4 Å². The number of methoxy groups -OCH3 is 1. The number of rotatable bonds is 3. The van der Waals surface area contributed by atoms with Crippen LogP contribution in [0.4, 0.5) is 4.39 Å². The molecule has 1 heterocycles. The number of nitrogens with zero attached hydrogens (tertiary/aromatic N) is 2. The molecular formula is C14H11BrFN3O3S. The molecule has 0 atom stereocenters. The van der Waals surface area contributed by atoms with Gasteiger partial charge in [0.25, 0.3) is 5.91 Å². The van der Waals surface area contributed by atoms with Gasteiger partial charge in [0.15, 0.2) is 5.17 Å². The van der Waals surface area contributed by atoms with Gasteiger partial charge in [0.05, 0.1) is 18.2 Å². The summed E-state index contributed by atoms with van der Waals surface area (Å²) in [5.41, 5.74) is 0.739. The summed E-state index contributed by atoms with van der Waals surface area (Å²) < 4.78 is 19.1. The van der Waals surface area contributed by atoms with Gasteiger partial charge >= 0.3 is 5.97 Å². The fraction of sp³-hybridized carbons (Fsp3) is 0.143. The summed E-state index contributed by atoms with van der Waals surface area (Å²) in [6.45, 7) is 1.64. The molecule has 1 aliphatic rings. The van der Waals surface area contributed by atoms with E-state index in [1.54, 1.807) is 19.1 Å². The summed E-state index contributed by atoms with van der Waals surface area (Å²) in [4.78, 5) is 22.9. The Morgan fingerprint density at radius 3 is 2.91 bits per heavy atom. The molecule has 0 bridgehead atoms. The van der Waals surface area contributed by atoms with E-state index in [9.17, 15) is 14.0 Å². The number of ether oxygens (including phenoxy) is 1. The van der Waals surface area contributed by atoms with Crippen LogP contribution in [0.2, 0.25) is 0 Å². The van der Waals surface area contributed by atoms with Crippen LogP contribution >= 0.6 is 27.7 Å². The molecular weight excluding hydrogens is 389 g/mol. The monoisotopic (exact) mass is 399 g/mol. The van der Waals surface area contributed by atoms with Crippen molar-refractivity contribution in [2.45, 2.75) is 6.92 Å². The van der Waals surface area contributed by atoms with Crippen molar-refractivity contribution in [3.8, 4) is 0 Å². The van der Waals surface area contributed by atoms with Crippen molar-refractivity contribution in [2.24, 2.45) is 10.2 Å². The van der Waals surface area contributed by atoms with E-state index >= 15 is 0 Å². The van der Waals surface area contributed by atoms with Crippen LogP contribution in [-0.2, 0) is 14.3 Å². The Morgan fingerprint density at radius 2 is 2.22 bits per heavy atom. The molecule has 0 aromatic heterocycles. The smallest absolute Gasteiger partial charge is 0.331 e. The number of amidine groups is 1. The van der Waals surface area contributed by atoms with E-state index in [4.69, 9.17) is 0 Å². The van der Waals surface area contributed by atoms with Gasteiger partial charge in [-0.3, -0.25) is 10.1 Å². The molecule has 120 valence electrons. The predicted molar refractivity (Wildman–Crippen MR) is 89.7 cm³/mol. The molecule has 0 unspecified atom stereocenters. The zero-order valence-corrected chi connectivity index (χ0v) is 14.5. The first-order chi connectivity index (χ1) is 10.9. The van der Waals surface area contributed by atoms with E-state index in [2.05, 4.69) is 36.2 Å². The van der Waals surface area contributed by atoms with E-state index in [1.807, 2.05) is 0 Å². The molecule has 0 aliphatic carbocycles. The van der Waals surface area contributed by atoms with Crippen molar-refractivity contribution in [3.05, 3.63) is 44.5 Å². The van der Waals surface area contributed by atoms with Crippen molar-refractivity contribution in [2.75, 3.05) is 7.11 Å². The summed E-state index contributed by atoms with van der Waals surface area (Å²) >= 11 is 4.18. The lowest BCUT2D eigenvalue weighted by molar-refractivity contribution is -0.135.